The second-order valence-corrected chi connectivity index (χ2v) is 6.48. The number of para-hydroxylation sites is 1. The quantitative estimate of drug-likeness (QED) is 0.547. The van der Waals surface area contributed by atoms with Gasteiger partial charge in [-0.1, -0.05) is 30.3 Å². The van der Waals surface area contributed by atoms with Crippen molar-refractivity contribution in [2.75, 3.05) is 0 Å². The number of hydrogen-bond donors (Lipinski definition) is 0. The summed E-state index contributed by atoms with van der Waals surface area (Å²) >= 11 is 0. The molecule has 0 aliphatic heterocycles. The van der Waals surface area contributed by atoms with Gasteiger partial charge in [0.1, 0.15) is 0 Å². The van der Waals surface area contributed by atoms with Crippen molar-refractivity contribution in [3.63, 3.8) is 0 Å². The maximum atomic E-state index is 12.7. The highest BCUT2D eigenvalue weighted by Gasteiger charge is 2.30. The number of sulfone groups is 1. The molecule has 22 heavy (non-hydrogen) atoms. The van der Waals surface area contributed by atoms with Gasteiger partial charge in [0.15, 0.2) is 4.90 Å². The fourth-order valence-corrected chi connectivity index (χ4v) is 3.62. The number of pyridine rings is 1. The number of nitrogens with zero attached hydrogens (tertiary/aromatic N) is 2. The molecule has 0 saturated carbocycles. The Bertz CT molecular complexity index is 969. The van der Waals surface area contributed by atoms with E-state index in [0.717, 1.165) is 6.20 Å². The fraction of sp³-hybridized carbons (Fsp3) is 0. The van der Waals surface area contributed by atoms with E-state index in [1.165, 1.54) is 18.2 Å². The van der Waals surface area contributed by atoms with Crippen molar-refractivity contribution >= 4 is 26.4 Å². The van der Waals surface area contributed by atoms with Crippen LogP contribution in [0.4, 0.5) is 5.69 Å². The van der Waals surface area contributed by atoms with Crippen LogP contribution < -0.4 is 0 Å². The van der Waals surface area contributed by atoms with Crippen molar-refractivity contribution in [2.45, 2.75) is 9.79 Å². The predicted octanol–water partition coefficient (Wildman–Crippen LogP) is 2.98. The van der Waals surface area contributed by atoms with E-state index in [-0.39, 0.29) is 10.3 Å². The summed E-state index contributed by atoms with van der Waals surface area (Å²) in [6.45, 7) is 0. The summed E-state index contributed by atoms with van der Waals surface area (Å²) in [5, 5.41) is 11.6. The molecule has 0 atom stereocenters. The Kier molecular flexibility index (Phi) is 3.34. The van der Waals surface area contributed by atoms with E-state index >= 15 is 0 Å². The molecule has 0 radical (unpaired) electrons. The number of rotatable bonds is 3. The fourth-order valence-electron chi connectivity index (χ4n) is 2.22. The summed E-state index contributed by atoms with van der Waals surface area (Å²) in [7, 11) is -4.01. The van der Waals surface area contributed by atoms with Crippen LogP contribution in [-0.4, -0.2) is 18.3 Å². The molecule has 7 heteroatoms. The van der Waals surface area contributed by atoms with Gasteiger partial charge in [-0.15, -0.1) is 0 Å². The molecule has 110 valence electrons. The van der Waals surface area contributed by atoms with Gasteiger partial charge in [-0.2, -0.15) is 0 Å². The van der Waals surface area contributed by atoms with Crippen LogP contribution in [0.3, 0.4) is 0 Å². The van der Waals surface area contributed by atoms with Crippen LogP contribution in [0.5, 0.6) is 0 Å². The zero-order valence-corrected chi connectivity index (χ0v) is 12.0. The van der Waals surface area contributed by atoms with E-state index in [9.17, 15) is 18.5 Å². The topological polar surface area (TPSA) is 90.2 Å². The first kappa shape index (κ1) is 14.2. The molecule has 0 unspecified atom stereocenters. The highest BCUT2D eigenvalue weighted by Crippen LogP contribution is 2.34. The minimum absolute atomic E-state index is 0.00446. The van der Waals surface area contributed by atoms with Crippen molar-refractivity contribution in [1.82, 2.24) is 4.98 Å². The Morgan fingerprint density at radius 2 is 1.59 bits per heavy atom. The van der Waals surface area contributed by atoms with Crippen molar-refractivity contribution in [1.29, 1.82) is 0 Å². The second-order valence-electron chi connectivity index (χ2n) is 4.56. The third-order valence-corrected chi connectivity index (χ3v) is 5.01. The third-order valence-electron chi connectivity index (χ3n) is 3.24. The summed E-state index contributed by atoms with van der Waals surface area (Å²) < 4.78 is 25.3. The smallest absolute Gasteiger partial charge is 0.258 e. The van der Waals surface area contributed by atoms with E-state index in [4.69, 9.17) is 0 Å². The van der Waals surface area contributed by atoms with Crippen LogP contribution in [0.25, 0.3) is 10.9 Å². The lowest BCUT2D eigenvalue weighted by Crippen LogP contribution is -2.07. The standard InChI is InChI=1S/C15H10N2O4S/c18-17(19)15-12-8-4-5-9-13(12)16-10-14(15)22(20,21)11-6-2-1-3-7-11/h1-10H. The van der Waals surface area contributed by atoms with Gasteiger partial charge in [-0.3, -0.25) is 15.1 Å². The molecule has 2 aromatic carbocycles. The van der Waals surface area contributed by atoms with Crippen LogP contribution in [0.2, 0.25) is 0 Å². The van der Waals surface area contributed by atoms with Crippen LogP contribution in [0.1, 0.15) is 0 Å². The Morgan fingerprint density at radius 3 is 2.27 bits per heavy atom. The van der Waals surface area contributed by atoms with Gasteiger partial charge in [-0.05, 0) is 24.3 Å². The molecule has 0 amide bonds. The predicted molar refractivity (Wildman–Crippen MR) is 80.3 cm³/mol. The molecule has 0 bridgehead atoms. The van der Waals surface area contributed by atoms with E-state index in [1.54, 1.807) is 36.4 Å². The first-order chi connectivity index (χ1) is 10.5. The minimum atomic E-state index is -4.01. The molecule has 6 nitrogen and oxygen atoms in total. The summed E-state index contributed by atoms with van der Waals surface area (Å²) in [5.74, 6) is 0. The SMILES string of the molecule is O=[N+]([O-])c1c(S(=O)(=O)c2ccccc2)cnc2ccccc12. The van der Waals surface area contributed by atoms with Crippen molar-refractivity contribution in [2.24, 2.45) is 0 Å². The average Bonchev–Trinajstić information content (AvgIpc) is 2.54. The summed E-state index contributed by atoms with van der Waals surface area (Å²) in [4.78, 5) is 14.4. The van der Waals surface area contributed by atoms with Crippen molar-refractivity contribution in [3.05, 3.63) is 70.9 Å². The molecular formula is C15H10N2O4S. The number of hydrogen-bond acceptors (Lipinski definition) is 5. The van der Waals surface area contributed by atoms with Gasteiger partial charge in [0.05, 0.1) is 26.9 Å². The summed E-state index contributed by atoms with van der Waals surface area (Å²) in [5.41, 5.74) is -0.0735. The maximum Gasteiger partial charge on any atom is 0.299 e. The molecule has 0 aliphatic carbocycles. The van der Waals surface area contributed by atoms with E-state index in [1.807, 2.05) is 0 Å². The number of benzene rings is 2. The van der Waals surface area contributed by atoms with Crippen LogP contribution in [0, 0.1) is 10.1 Å². The van der Waals surface area contributed by atoms with Crippen molar-refractivity contribution in [3.8, 4) is 0 Å². The normalized spacial score (nSPS) is 11.5. The molecule has 3 aromatic rings. The van der Waals surface area contributed by atoms with Crippen LogP contribution >= 0.6 is 0 Å². The van der Waals surface area contributed by atoms with Gasteiger partial charge in [0.25, 0.3) is 5.69 Å². The highest BCUT2D eigenvalue weighted by atomic mass is 32.2. The zero-order chi connectivity index (χ0) is 15.7. The monoisotopic (exact) mass is 314 g/mol. The van der Waals surface area contributed by atoms with E-state index in [2.05, 4.69) is 4.98 Å². The first-order valence-corrected chi connectivity index (χ1v) is 7.82. The summed E-state index contributed by atoms with van der Waals surface area (Å²) in [6, 6.07) is 14.0. The molecule has 3 rings (SSSR count). The maximum absolute atomic E-state index is 12.7. The van der Waals surface area contributed by atoms with Gasteiger partial charge in [-0.25, -0.2) is 8.42 Å². The molecule has 1 aromatic heterocycles. The Hall–Kier alpha value is -2.80. The minimum Gasteiger partial charge on any atom is -0.258 e. The van der Waals surface area contributed by atoms with Gasteiger partial charge in [0, 0.05) is 0 Å². The number of aromatic nitrogens is 1. The van der Waals surface area contributed by atoms with Gasteiger partial charge < -0.3 is 0 Å². The molecule has 0 aliphatic rings. The molecule has 0 saturated heterocycles. The Balaban J connectivity index is 2.37. The number of nitro groups is 1. The molecule has 0 fully saturated rings. The van der Waals surface area contributed by atoms with Crippen molar-refractivity contribution < 1.29 is 13.3 Å². The van der Waals surface area contributed by atoms with Gasteiger partial charge >= 0.3 is 0 Å². The molecule has 0 spiro atoms. The first-order valence-electron chi connectivity index (χ1n) is 6.34. The second kappa shape index (κ2) is 5.19. The average molecular weight is 314 g/mol. The lowest BCUT2D eigenvalue weighted by Gasteiger charge is -2.07. The summed E-state index contributed by atoms with van der Waals surface area (Å²) in [6.07, 6.45) is 1.04. The van der Waals surface area contributed by atoms with E-state index in [0.29, 0.717) is 5.52 Å². The van der Waals surface area contributed by atoms with Crippen LogP contribution in [-0.2, 0) is 9.84 Å². The third kappa shape index (κ3) is 2.21. The highest BCUT2D eigenvalue weighted by molar-refractivity contribution is 7.91. The zero-order valence-electron chi connectivity index (χ0n) is 11.2. The van der Waals surface area contributed by atoms with E-state index < -0.39 is 25.3 Å². The largest absolute Gasteiger partial charge is 0.299 e. The van der Waals surface area contributed by atoms with Crippen LogP contribution in [0.15, 0.2) is 70.6 Å². The molecule has 1 heterocycles. The molecule has 0 N–H and O–H groups in total. The Labute approximate surface area is 126 Å². The lowest BCUT2D eigenvalue weighted by molar-refractivity contribution is -0.386. The molecular weight excluding hydrogens is 304 g/mol. The Morgan fingerprint density at radius 1 is 0.955 bits per heavy atom. The lowest BCUT2D eigenvalue weighted by atomic mass is 10.2. The van der Waals surface area contributed by atoms with Gasteiger partial charge in [0.2, 0.25) is 9.84 Å². The number of fused-ring (bicyclic) bond motifs is 1.